The van der Waals surface area contributed by atoms with Crippen molar-refractivity contribution < 1.29 is 0 Å². The summed E-state index contributed by atoms with van der Waals surface area (Å²) in [4.78, 5) is 2.53. The third-order valence-electron chi connectivity index (χ3n) is 4.21. The van der Waals surface area contributed by atoms with E-state index in [2.05, 4.69) is 58.7 Å². The third-order valence-corrected chi connectivity index (χ3v) is 4.21. The molecule has 3 rings (SSSR count). The van der Waals surface area contributed by atoms with Gasteiger partial charge in [-0.15, -0.1) is 0 Å². The van der Waals surface area contributed by atoms with Gasteiger partial charge >= 0.3 is 0 Å². The molecule has 0 saturated carbocycles. The lowest BCUT2D eigenvalue weighted by atomic mass is 10.0. The maximum absolute atomic E-state index is 6.07. The largest absolute Gasteiger partial charge is 0.385 e. The molecule has 1 unspecified atom stereocenters. The van der Waals surface area contributed by atoms with Gasteiger partial charge in [0.25, 0.3) is 0 Å². The molecule has 0 aliphatic carbocycles. The number of hydrazine groups is 1. The first-order valence-corrected chi connectivity index (χ1v) is 7.51. The van der Waals surface area contributed by atoms with Crippen LogP contribution in [-0.4, -0.2) is 35.1 Å². The Kier molecular flexibility index (Phi) is 3.94. The molecule has 1 atom stereocenters. The van der Waals surface area contributed by atoms with E-state index in [0.717, 1.165) is 25.5 Å². The summed E-state index contributed by atoms with van der Waals surface area (Å²) in [6.07, 6.45) is 4.43. The van der Waals surface area contributed by atoms with Crippen molar-refractivity contribution >= 4 is 0 Å². The van der Waals surface area contributed by atoms with Gasteiger partial charge in [0.1, 0.15) is 5.82 Å². The molecule has 20 heavy (non-hydrogen) atoms. The van der Waals surface area contributed by atoms with Gasteiger partial charge in [-0.05, 0) is 31.4 Å². The van der Waals surface area contributed by atoms with Crippen LogP contribution in [0.15, 0.2) is 42.2 Å². The normalized spacial score (nSPS) is 24.9. The van der Waals surface area contributed by atoms with Crippen LogP contribution in [-0.2, 0) is 6.54 Å². The van der Waals surface area contributed by atoms with E-state index in [1.165, 1.54) is 18.4 Å². The maximum Gasteiger partial charge on any atom is 0.111 e. The second kappa shape index (κ2) is 5.85. The summed E-state index contributed by atoms with van der Waals surface area (Å²) >= 11 is 0. The van der Waals surface area contributed by atoms with E-state index in [1.54, 1.807) is 0 Å². The highest BCUT2D eigenvalue weighted by molar-refractivity contribution is 5.14. The summed E-state index contributed by atoms with van der Waals surface area (Å²) in [5.74, 6) is 0.888. The van der Waals surface area contributed by atoms with E-state index < -0.39 is 0 Å². The fourth-order valence-corrected chi connectivity index (χ4v) is 3.16. The number of hydrogen-bond acceptors (Lipinski definition) is 4. The number of rotatable bonds is 3. The van der Waals surface area contributed by atoms with Gasteiger partial charge in [-0.3, -0.25) is 9.91 Å². The Morgan fingerprint density at radius 2 is 1.90 bits per heavy atom. The molecule has 2 aliphatic heterocycles. The Bertz CT molecular complexity index is 463. The highest BCUT2D eigenvalue weighted by atomic mass is 15.6. The molecule has 108 valence electrons. The second-order valence-corrected chi connectivity index (χ2v) is 5.87. The van der Waals surface area contributed by atoms with Gasteiger partial charge in [0.15, 0.2) is 0 Å². The van der Waals surface area contributed by atoms with Crippen molar-refractivity contribution in [2.24, 2.45) is 5.73 Å². The molecule has 3 N–H and O–H groups in total. The highest BCUT2D eigenvalue weighted by Crippen LogP contribution is 2.21. The van der Waals surface area contributed by atoms with Crippen LogP contribution in [0.4, 0.5) is 0 Å². The van der Waals surface area contributed by atoms with Crippen LogP contribution >= 0.6 is 0 Å². The zero-order valence-corrected chi connectivity index (χ0v) is 12.1. The zero-order valence-electron chi connectivity index (χ0n) is 12.1. The van der Waals surface area contributed by atoms with Crippen LogP contribution in [0.1, 0.15) is 25.3 Å². The Balaban J connectivity index is 1.51. The van der Waals surface area contributed by atoms with E-state index in [1.807, 2.05) is 0 Å². The van der Waals surface area contributed by atoms with Gasteiger partial charge in [-0.1, -0.05) is 30.3 Å². The Labute approximate surface area is 121 Å². The van der Waals surface area contributed by atoms with Gasteiger partial charge in [-0.2, -0.15) is 0 Å². The molecule has 1 fully saturated rings. The lowest BCUT2D eigenvalue weighted by Gasteiger charge is -2.38. The molecule has 0 amide bonds. The van der Waals surface area contributed by atoms with Gasteiger partial charge in [0.05, 0.1) is 0 Å². The average Bonchev–Trinajstić information content (AvgIpc) is 2.80. The molecule has 1 saturated heterocycles. The molecule has 0 bridgehead atoms. The van der Waals surface area contributed by atoms with Crippen molar-refractivity contribution in [3.05, 3.63) is 47.8 Å². The number of likely N-dealkylation sites (tertiary alicyclic amines) is 1. The number of piperidine rings is 1. The minimum absolute atomic E-state index is 0.359. The van der Waals surface area contributed by atoms with Gasteiger partial charge in [-0.25, -0.2) is 5.43 Å². The predicted molar refractivity (Wildman–Crippen MR) is 81.4 cm³/mol. The molecular weight excluding hydrogens is 248 g/mol. The summed E-state index contributed by atoms with van der Waals surface area (Å²) in [7, 11) is 0. The Morgan fingerprint density at radius 1 is 1.20 bits per heavy atom. The molecule has 2 heterocycles. The Morgan fingerprint density at radius 3 is 2.50 bits per heavy atom. The topological polar surface area (TPSA) is 44.5 Å². The highest BCUT2D eigenvalue weighted by Gasteiger charge is 2.28. The summed E-state index contributed by atoms with van der Waals surface area (Å²) < 4.78 is 0. The van der Waals surface area contributed by atoms with Crippen molar-refractivity contribution in [3.63, 3.8) is 0 Å². The van der Waals surface area contributed by atoms with E-state index >= 15 is 0 Å². The second-order valence-electron chi connectivity index (χ2n) is 5.87. The first-order chi connectivity index (χ1) is 9.72. The van der Waals surface area contributed by atoms with Crippen LogP contribution in [0.2, 0.25) is 0 Å². The Hall–Kier alpha value is -1.52. The number of benzene rings is 1. The average molecular weight is 272 g/mol. The van der Waals surface area contributed by atoms with E-state index in [9.17, 15) is 0 Å². The van der Waals surface area contributed by atoms with Gasteiger partial charge < -0.3 is 5.73 Å². The van der Waals surface area contributed by atoms with Crippen molar-refractivity contribution in [2.45, 2.75) is 38.4 Å². The molecule has 0 aromatic heterocycles. The number of nitrogens with zero attached hydrogens (tertiary/aromatic N) is 2. The van der Waals surface area contributed by atoms with Crippen molar-refractivity contribution in [1.29, 1.82) is 0 Å². The quantitative estimate of drug-likeness (QED) is 0.878. The van der Waals surface area contributed by atoms with Gasteiger partial charge in [0.2, 0.25) is 0 Å². The molecular formula is C16H24N4. The molecule has 2 aliphatic rings. The maximum atomic E-state index is 6.07. The van der Waals surface area contributed by atoms with Crippen LogP contribution in [0.5, 0.6) is 0 Å². The lowest BCUT2D eigenvalue weighted by molar-refractivity contribution is 0.0981. The molecule has 1 aromatic carbocycles. The number of nitrogens with one attached hydrogen (secondary N) is 1. The van der Waals surface area contributed by atoms with E-state index in [4.69, 9.17) is 5.73 Å². The fourth-order valence-electron chi connectivity index (χ4n) is 3.16. The summed E-state index contributed by atoms with van der Waals surface area (Å²) in [5.41, 5.74) is 10.9. The number of nitrogens with two attached hydrogens (primary N) is 1. The van der Waals surface area contributed by atoms with Gasteiger partial charge in [0, 0.05) is 31.7 Å². The minimum atomic E-state index is 0.359. The van der Waals surface area contributed by atoms with Crippen LogP contribution < -0.4 is 11.2 Å². The molecule has 0 radical (unpaired) electrons. The standard InChI is InChI=1S/C16H24N4/c1-13-11-16(17)20(18-13)15-7-9-19(10-8-15)12-14-5-3-2-4-6-14/h2-6,11,13,15,18H,7-10,12,17H2,1H3. The smallest absolute Gasteiger partial charge is 0.111 e. The van der Waals surface area contributed by atoms with E-state index in [0.29, 0.717) is 12.1 Å². The molecule has 4 nitrogen and oxygen atoms in total. The minimum Gasteiger partial charge on any atom is -0.385 e. The lowest BCUT2D eigenvalue weighted by Crippen LogP contribution is -2.50. The first-order valence-electron chi connectivity index (χ1n) is 7.51. The van der Waals surface area contributed by atoms with Crippen LogP contribution in [0.3, 0.4) is 0 Å². The van der Waals surface area contributed by atoms with Crippen LogP contribution in [0.25, 0.3) is 0 Å². The fraction of sp³-hybridized carbons (Fsp3) is 0.500. The van der Waals surface area contributed by atoms with Crippen molar-refractivity contribution in [3.8, 4) is 0 Å². The zero-order chi connectivity index (χ0) is 13.9. The molecule has 4 heteroatoms. The van der Waals surface area contributed by atoms with E-state index in [-0.39, 0.29) is 0 Å². The summed E-state index contributed by atoms with van der Waals surface area (Å²) in [5, 5.41) is 2.17. The molecule has 1 aromatic rings. The predicted octanol–water partition coefficient (Wildman–Crippen LogP) is 1.66. The molecule has 0 spiro atoms. The monoisotopic (exact) mass is 272 g/mol. The van der Waals surface area contributed by atoms with Crippen LogP contribution in [0, 0.1) is 0 Å². The van der Waals surface area contributed by atoms with Crippen molar-refractivity contribution in [2.75, 3.05) is 13.1 Å². The SMILES string of the molecule is CC1C=C(N)N(C2CCN(Cc3ccccc3)CC2)N1. The van der Waals surface area contributed by atoms with Crippen molar-refractivity contribution in [1.82, 2.24) is 15.3 Å². The number of hydrogen-bond donors (Lipinski definition) is 2. The summed E-state index contributed by atoms with van der Waals surface area (Å²) in [6, 6.07) is 11.6. The summed E-state index contributed by atoms with van der Waals surface area (Å²) in [6.45, 7) is 5.47. The third kappa shape index (κ3) is 2.97. The first kappa shape index (κ1) is 13.5.